The molecule has 30 heavy (non-hydrogen) atoms. The van der Waals surface area contributed by atoms with Crippen molar-refractivity contribution in [3.05, 3.63) is 53.6 Å². The molecule has 1 unspecified atom stereocenters. The third-order valence-corrected chi connectivity index (χ3v) is 5.62. The zero-order chi connectivity index (χ0) is 21.2. The van der Waals surface area contributed by atoms with Gasteiger partial charge in [-0.2, -0.15) is 0 Å². The molecule has 1 aliphatic heterocycles. The van der Waals surface area contributed by atoms with E-state index in [1.807, 2.05) is 49.4 Å². The molecule has 1 aliphatic rings. The first-order valence-corrected chi connectivity index (χ1v) is 11.5. The second kappa shape index (κ2) is 11.6. The molecule has 3 rings (SSSR count). The highest BCUT2D eigenvalue weighted by Crippen LogP contribution is 2.36. The van der Waals surface area contributed by atoms with Gasteiger partial charge in [-0.25, -0.2) is 0 Å². The van der Waals surface area contributed by atoms with Gasteiger partial charge in [0.1, 0.15) is 0 Å². The molecule has 0 fully saturated rings. The quantitative estimate of drug-likeness (QED) is 0.385. The van der Waals surface area contributed by atoms with E-state index < -0.39 is 0 Å². The average Bonchev–Trinajstić information content (AvgIpc) is 2.76. The van der Waals surface area contributed by atoms with E-state index in [1.54, 1.807) is 0 Å². The Morgan fingerprint density at radius 1 is 0.900 bits per heavy atom. The molecule has 4 nitrogen and oxygen atoms in total. The Kier molecular flexibility index (Phi) is 8.61. The second-order valence-electron chi connectivity index (χ2n) is 7.98. The van der Waals surface area contributed by atoms with Crippen LogP contribution in [0, 0.1) is 0 Å². The Labute approximate surface area is 181 Å². The smallest absolute Gasteiger partial charge is 0.167 e. The number of hydrogen-bond donors (Lipinski definition) is 1. The Morgan fingerprint density at radius 2 is 1.67 bits per heavy atom. The number of benzene rings is 2. The topological polar surface area (TPSA) is 47.6 Å². The SMILES string of the molecule is CCCCCCCCCOc1ccc(C2CC(=O)c3ccccc3N2)cc1OCC. The summed E-state index contributed by atoms with van der Waals surface area (Å²) >= 11 is 0. The minimum Gasteiger partial charge on any atom is -0.490 e. The molecule has 0 radical (unpaired) electrons. The maximum Gasteiger partial charge on any atom is 0.167 e. The number of Topliss-reactive ketones (excluding diaryl/α,β-unsaturated/α-hetero) is 1. The third kappa shape index (κ3) is 6.01. The summed E-state index contributed by atoms with van der Waals surface area (Å²) in [6.07, 6.45) is 9.29. The van der Waals surface area contributed by atoms with Gasteiger partial charge in [-0.05, 0) is 43.2 Å². The van der Waals surface area contributed by atoms with Crippen LogP contribution >= 0.6 is 0 Å². The van der Waals surface area contributed by atoms with Crippen LogP contribution in [0.5, 0.6) is 11.5 Å². The van der Waals surface area contributed by atoms with Crippen molar-refractivity contribution in [3.8, 4) is 11.5 Å². The monoisotopic (exact) mass is 409 g/mol. The van der Waals surface area contributed by atoms with Crippen molar-refractivity contribution in [2.24, 2.45) is 0 Å². The predicted octanol–water partition coefficient (Wildman–Crippen LogP) is 6.95. The van der Waals surface area contributed by atoms with Crippen LogP contribution in [0.15, 0.2) is 42.5 Å². The Hall–Kier alpha value is -2.49. The summed E-state index contributed by atoms with van der Waals surface area (Å²) in [7, 11) is 0. The number of anilines is 1. The number of nitrogens with one attached hydrogen (secondary N) is 1. The zero-order valence-electron chi connectivity index (χ0n) is 18.4. The van der Waals surface area contributed by atoms with Gasteiger partial charge in [0.25, 0.3) is 0 Å². The molecule has 1 N–H and O–H groups in total. The van der Waals surface area contributed by atoms with Crippen LogP contribution in [0.3, 0.4) is 0 Å². The van der Waals surface area contributed by atoms with E-state index in [0.29, 0.717) is 19.6 Å². The summed E-state index contributed by atoms with van der Waals surface area (Å²) in [6.45, 7) is 5.51. The van der Waals surface area contributed by atoms with Gasteiger partial charge in [0.15, 0.2) is 17.3 Å². The van der Waals surface area contributed by atoms with Gasteiger partial charge in [-0.15, -0.1) is 0 Å². The fourth-order valence-electron chi connectivity index (χ4n) is 3.96. The fourth-order valence-corrected chi connectivity index (χ4v) is 3.96. The van der Waals surface area contributed by atoms with Crippen LogP contribution in [0.4, 0.5) is 5.69 Å². The van der Waals surface area contributed by atoms with Crippen LogP contribution in [0.2, 0.25) is 0 Å². The number of hydrogen-bond acceptors (Lipinski definition) is 4. The highest BCUT2D eigenvalue weighted by molar-refractivity contribution is 6.03. The number of carbonyl (C=O) groups excluding carboxylic acids is 1. The molecule has 0 saturated carbocycles. The largest absolute Gasteiger partial charge is 0.490 e. The van der Waals surface area contributed by atoms with Gasteiger partial charge in [0, 0.05) is 17.7 Å². The van der Waals surface area contributed by atoms with Crippen LogP contribution in [-0.2, 0) is 0 Å². The Balaban J connectivity index is 1.58. The second-order valence-corrected chi connectivity index (χ2v) is 7.98. The van der Waals surface area contributed by atoms with Crippen molar-refractivity contribution in [1.29, 1.82) is 0 Å². The Bertz CT molecular complexity index is 818. The van der Waals surface area contributed by atoms with Crippen molar-refractivity contribution < 1.29 is 14.3 Å². The molecule has 2 aromatic carbocycles. The summed E-state index contributed by atoms with van der Waals surface area (Å²) in [4.78, 5) is 12.5. The van der Waals surface area contributed by atoms with Gasteiger partial charge < -0.3 is 14.8 Å². The number of fused-ring (bicyclic) bond motifs is 1. The first-order valence-electron chi connectivity index (χ1n) is 11.5. The number of para-hydroxylation sites is 1. The summed E-state index contributed by atoms with van der Waals surface area (Å²) in [5, 5.41) is 3.50. The summed E-state index contributed by atoms with van der Waals surface area (Å²) in [6, 6.07) is 13.7. The van der Waals surface area contributed by atoms with Gasteiger partial charge >= 0.3 is 0 Å². The summed E-state index contributed by atoms with van der Waals surface area (Å²) in [5.41, 5.74) is 2.72. The molecule has 0 saturated heterocycles. The Morgan fingerprint density at radius 3 is 2.47 bits per heavy atom. The van der Waals surface area contributed by atoms with E-state index in [9.17, 15) is 4.79 Å². The molecule has 162 valence electrons. The standard InChI is InChI=1S/C26H35NO3/c1-3-5-6-7-8-9-12-17-30-25-16-15-20(18-26(25)29-4-2)23-19-24(28)21-13-10-11-14-22(21)27-23/h10-11,13-16,18,23,27H,3-9,12,17,19H2,1-2H3. The lowest BCUT2D eigenvalue weighted by Crippen LogP contribution is -2.22. The van der Waals surface area contributed by atoms with Crippen LogP contribution < -0.4 is 14.8 Å². The molecule has 0 aliphatic carbocycles. The fraction of sp³-hybridized carbons (Fsp3) is 0.500. The molecular formula is C26H35NO3. The van der Waals surface area contributed by atoms with E-state index >= 15 is 0 Å². The average molecular weight is 410 g/mol. The van der Waals surface area contributed by atoms with Gasteiger partial charge in [0.2, 0.25) is 0 Å². The minimum atomic E-state index is -0.0521. The maximum atomic E-state index is 12.5. The molecule has 1 heterocycles. The number of unbranched alkanes of at least 4 members (excludes halogenated alkanes) is 6. The lowest BCUT2D eigenvalue weighted by Gasteiger charge is -2.27. The van der Waals surface area contributed by atoms with E-state index in [4.69, 9.17) is 9.47 Å². The lowest BCUT2D eigenvalue weighted by molar-refractivity contribution is 0.0972. The number of ether oxygens (including phenoxy) is 2. The van der Waals surface area contributed by atoms with E-state index in [2.05, 4.69) is 12.2 Å². The predicted molar refractivity (Wildman–Crippen MR) is 123 cm³/mol. The van der Waals surface area contributed by atoms with Gasteiger partial charge in [-0.3, -0.25) is 4.79 Å². The molecule has 4 heteroatoms. The van der Waals surface area contributed by atoms with Crippen molar-refractivity contribution in [2.75, 3.05) is 18.5 Å². The van der Waals surface area contributed by atoms with Crippen molar-refractivity contribution in [3.63, 3.8) is 0 Å². The third-order valence-electron chi connectivity index (χ3n) is 5.62. The number of carbonyl (C=O) groups is 1. The minimum absolute atomic E-state index is 0.0521. The lowest BCUT2D eigenvalue weighted by atomic mass is 9.92. The molecular weight excluding hydrogens is 374 g/mol. The number of rotatable bonds is 12. The van der Waals surface area contributed by atoms with Crippen LogP contribution in [0.25, 0.3) is 0 Å². The molecule has 0 spiro atoms. The summed E-state index contributed by atoms with van der Waals surface area (Å²) < 4.78 is 11.9. The molecule has 0 bridgehead atoms. The van der Waals surface area contributed by atoms with Gasteiger partial charge in [0.05, 0.1) is 19.3 Å². The van der Waals surface area contributed by atoms with Crippen molar-refractivity contribution >= 4 is 11.5 Å². The van der Waals surface area contributed by atoms with Crippen molar-refractivity contribution in [2.45, 2.75) is 71.3 Å². The van der Waals surface area contributed by atoms with Crippen LogP contribution in [-0.4, -0.2) is 19.0 Å². The van der Waals surface area contributed by atoms with Gasteiger partial charge in [-0.1, -0.05) is 63.6 Å². The summed E-state index contributed by atoms with van der Waals surface area (Å²) in [5.74, 6) is 1.71. The van der Waals surface area contributed by atoms with E-state index in [0.717, 1.165) is 34.7 Å². The molecule has 0 aromatic heterocycles. The van der Waals surface area contributed by atoms with E-state index in [-0.39, 0.29) is 11.8 Å². The molecule has 2 aromatic rings. The first kappa shape index (κ1) is 22.2. The first-order chi connectivity index (χ1) is 14.7. The molecule has 1 atom stereocenters. The highest BCUT2D eigenvalue weighted by atomic mass is 16.5. The van der Waals surface area contributed by atoms with E-state index in [1.165, 1.54) is 38.5 Å². The van der Waals surface area contributed by atoms with Crippen molar-refractivity contribution in [1.82, 2.24) is 0 Å². The number of ketones is 1. The highest BCUT2D eigenvalue weighted by Gasteiger charge is 2.26. The molecule has 0 amide bonds. The maximum absolute atomic E-state index is 12.5. The van der Waals surface area contributed by atoms with Crippen LogP contribution in [0.1, 0.15) is 87.2 Å². The normalized spacial score (nSPS) is 15.4. The zero-order valence-corrected chi connectivity index (χ0v) is 18.4.